The third-order valence-electron chi connectivity index (χ3n) is 2.51. The van der Waals surface area contributed by atoms with Gasteiger partial charge in [0.2, 0.25) is 0 Å². The third-order valence-corrected chi connectivity index (χ3v) is 2.51. The molecule has 0 amide bonds. The first kappa shape index (κ1) is 24.3. The average molecular weight is 330 g/mol. The molecule has 4 atom stereocenters. The fourth-order valence-electron chi connectivity index (χ4n) is 0.985. The summed E-state index contributed by atoms with van der Waals surface area (Å²) in [6.45, 7) is 3.75. The third kappa shape index (κ3) is 18.3. The van der Waals surface area contributed by atoms with E-state index in [1.54, 1.807) is 14.1 Å². The van der Waals surface area contributed by atoms with Crippen molar-refractivity contribution >= 4 is 0 Å². The maximum absolute atomic E-state index is 12.3. The Morgan fingerprint density at radius 2 is 0.947 bits per heavy atom. The number of halogens is 2. The van der Waals surface area contributed by atoms with Gasteiger partial charge in [-0.05, 0) is 0 Å². The van der Waals surface area contributed by atoms with Crippen molar-refractivity contribution in [2.75, 3.05) is 28.2 Å². The van der Waals surface area contributed by atoms with Crippen molar-refractivity contribution in [2.45, 2.75) is 51.4 Å². The molecule has 114 valence electrons. The Hall–Kier alpha value is 0.323. The molecule has 0 saturated carbocycles. The van der Waals surface area contributed by atoms with Gasteiger partial charge in [0, 0.05) is 32.1 Å². The number of nitrogens with zero attached hydrogens (tertiary/aromatic N) is 4. The van der Waals surface area contributed by atoms with Crippen LogP contribution in [0.5, 0.6) is 0 Å². The Morgan fingerprint density at radius 3 is 1.11 bits per heavy atom. The van der Waals surface area contributed by atoms with Crippen molar-refractivity contribution in [2.24, 2.45) is 0 Å². The molecule has 0 rings (SSSR count). The second kappa shape index (κ2) is 16.4. The SMILES string of the molecule is C[N-]C(C)CC(F)[N-]C.C[N-]C(C)CC(F)[N-]C.[Zn]. The van der Waals surface area contributed by atoms with Crippen molar-refractivity contribution in [1.82, 2.24) is 0 Å². The molecule has 0 N–H and O–H groups in total. The molecule has 0 fully saturated rings. The van der Waals surface area contributed by atoms with Gasteiger partial charge < -0.3 is 21.3 Å². The van der Waals surface area contributed by atoms with Gasteiger partial charge in [-0.3, -0.25) is 8.78 Å². The summed E-state index contributed by atoms with van der Waals surface area (Å²) < 4.78 is 24.7. The molecule has 19 heavy (non-hydrogen) atoms. The van der Waals surface area contributed by atoms with E-state index in [9.17, 15) is 8.78 Å². The summed E-state index contributed by atoms with van der Waals surface area (Å²) in [5.74, 6) is 0. The van der Waals surface area contributed by atoms with E-state index in [1.807, 2.05) is 13.8 Å². The number of alkyl halides is 2. The minimum Gasteiger partial charge on any atom is -0.662 e. The number of hydrogen-bond acceptors (Lipinski definition) is 0. The van der Waals surface area contributed by atoms with Gasteiger partial charge in [-0.25, -0.2) is 0 Å². The van der Waals surface area contributed by atoms with Crippen LogP contribution < -0.4 is 0 Å². The summed E-state index contributed by atoms with van der Waals surface area (Å²) in [5.41, 5.74) is 0. The van der Waals surface area contributed by atoms with Crippen molar-refractivity contribution in [3.63, 3.8) is 0 Å². The van der Waals surface area contributed by atoms with E-state index in [0.29, 0.717) is 12.8 Å². The first-order valence-corrected chi connectivity index (χ1v) is 6.05. The molecular weight excluding hydrogens is 304 g/mol. The molecule has 0 aromatic carbocycles. The van der Waals surface area contributed by atoms with Crippen LogP contribution >= 0.6 is 0 Å². The van der Waals surface area contributed by atoms with Gasteiger partial charge in [-0.1, -0.05) is 26.7 Å². The molecule has 0 aromatic rings. The first-order chi connectivity index (χ1) is 8.40. The van der Waals surface area contributed by atoms with Crippen molar-refractivity contribution in [3.8, 4) is 0 Å². The van der Waals surface area contributed by atoms with Gasteiger partial charge in [-0.15, -0.1) is 12.1 Å². The maximum atomic E-state index is 12.3. The van der Waals surface area contributed by atoms with Gasteiger partial charge >= 0.3 is 0 Å². The van der Waals surface area contributed by atoms with E-state index in [4.69, 9.17) is 0 Å². The fraction of sp³-hybridized carbons (Fsp3) is 1.00. The van der Waals surface area contributed by atoms with Crippen LogP contribution in [0, 0.1) is 0 Å². The molecule has 4 nitrogen and oxygen atoms in total. The smallest absolute Gasteiger partial charge is 0.0116 e. The van der Waals surface area contributed by atoms with Gasteiger partial charge in [0.15, 0.2) is 0 Å². The molecule has 0 radical (unpaired) electrons. The zero-order chi connectivity index (χ0) is 14.6. The van der Waals surface area contributed by atoms with Gasteiger partial charge in [-0.2, -0.15) is 28.2 Å². The van der Waals surface area contributed by atoms with Crippen molar-refractivity contribution < 1.29 is 28.3 Å². The fourth-order valence-corrected chi connectivity index (χ4v) is 0.985. The Bertz CT molecular complexity index is 144. The summed E-state index contributed by atoms with van der Waals surface area (Å²) in [7, 11) is 6.33. The Labute approximate surface area is 129 Å². The summed E-state index contributed by atoms with van der Waals surface area (Å²) in [5, 5.41) is 14.7. The largest absolute Gasteiger partial charge is 0.662 e. The average Bonchev–Trinajstić information content (AvgIpc) is 2.38. The molecule has 7 heteroatoms. The molecule has 0 saturated heterocycles. The molecule has 0 aliphatic heterocycles. The van der Waals surface area contributed by atoms with Gasteiger partial charge in [0.1, 0.15) is 0 Å². The van der Waals surface area contributed by atoms with Crippen molar-refractivity contribution in [3.05, 3.63) is 21.3 Å². The van der Waals surface area contributed by atoms with E-state index < -0.39 is 12.6 Å². The first-order valence-electron chi connectivity index (χ1n) is 6.05. The molecular formula is C12H26F2N4Zn-4. The van der Waals surface area contributed by atoms with Crippen LogP contribution in [0.15, 0.2) is 0 Å². The predicted octanol–water partition coefficient (Wildman–Crippen LogP) is 4.13. The minimum atomic E-state index is -1.04. The number of rotatable bonds is 8. The van der Waals surface area contributed by atoms with Gasteiger partial charge in [0.25, 0.3) is 0 Å². The van der Waals surface area contributed by atoms with E-state index in [2.05, 4.69) is 21.3 Å². The van der Waals surface area contributed by atoms with Crippen LogP contribution in [0.1, 0.15) is 26.7 Å². The Balaban J connectivity index is -0.000000256. The van der Waals surface area contributed by atoms with Crippen molar-refractivity contribution in [1.29, 1.82) is 0 Å². The van der Waals surface area contributed by atoms with Crippen LogP contribution in [0.2, 0.25) is 0 Å². The molecule has 0 bridgehead atoms. The summed E-state index contributed by atoms with van der Waals surface area (Å²) in [6.07, 6.45) is -1.26. The summed E-state index contributed by atoms with van der Waals surface area (Å²) >= 11 is 0. The molecule has 4 unspecified atom stereocenters. The van der Waals surface area contributed by atoms with Crippen LogP contribution in [-0.2, 0) is 19.5 Å². The maximum Gasteiger partial charge on any atom is 0.0116 e. The molecule has 0 heterocycles. The van der Waals surface area contributed by atoms with Gasteiger partial charge in [0.05, 0.1) is 0 Å². The number of hydrogen-bond donors (Lipinski definition) is 0. The zero-order valence-electron chi connectivity index (χ0n) is 13.0. The molecule has 0 aromatic heterocycles. The van der Waals surface area contributed by atoms with E-state index in [0.717, 1.165) is 0 Å². The quantitative estimate of drug-likeness (QED) is 0.475. The topological polar surface area (TPSA) is 56.4 Å². The molecule has 0 spiro atoms. The second-order valence-electron chi connectivity index (χ2n) is 4.07. The van der Waals surface area contributed by atoms with Crippen LogP contribution in [-0.4, -0.2) is 52.9 Å². The van der Waals surface area contributed by atoms with E-state index in [-0.39, 0.29) is 31.6 Å². The standard InChI is InChI=1S/2C6H13FN2.Zn/c2*1-5(8-2)4-6(7)9-3;/h2*5-6H,4H2,1-3H3;/q2*-2;. The Kier molecular flexibility index (Phi) is 21.0. The summed E-state index contributed by atoms with van der Waals surface area (Å²) in [4.78, 5) is 0. The normalized spacial score (nSPS) is 16.4. The predicted molar refractivity (Wildman–Crippen MR) is 75.1 cm³/mol. The van der Waals surface area contributed by atoms with Crippen LogP contribution in [0.3, 0.4) is 0 Å². The van der Waals surface area contributed by atoms with E-state index >= 15 is 0 Å². The van der Waals surface area contributed by atoms with Crippen LogP contribution in [0.25, 0.3) is 21.3 Å². The zero-order valence-corrected chi connectivity index (χ0v) is 15.9. The molecule has 0 aliphatic carbocycles. The second-order valence-corrected chi connectivity index (χ2v) is 4.07. The summed E-state index contributed by atoms with van der Waals surface area (Å²) in [6, 6.07) is 0.174. The molecule has 0 aliphatic rings. The monoisotopic (exact) mass is 328 g/mol. The Morgan fingerprint density at radius 1 is 0.684 bits per heavy atom. The van der Waals surface area contributed by atoms with E-state index in [1.165, 1.54) is 14.1 Å². The minimum absolute atomic E-state index is 0. The van der Waals surface area contributed by atoms with Crippen LogP contribution in [0.4, 0.5) is 8.78 Å².